The van der Waals surface area contributed by atoms with E-state index >= 15 is 0 Å². The van der Waals surface area contributed by atoms with Gasteiger partial charge in [-0.3, -0.25) is 9.59 Å². The predicted molar refractivity (Wildman–Crippen MR) is 155 cm³/mol. The van der Waals surface area contributed by atoms with E-state index in [2.05, 4.69) is 12.1 Å². The van der Waals surface area contributed by atoms with Crippen LogP contribution in [0.5, 0.6) is 0 Å². The van der Waals surface area contributed by atoms with Gasteiger partial charge in [0.1, 0.15) is 5.82 Å². The Morgan fingerprint density at radius 3 is 2.26 bits per heavy atom. The quantitative estimate of drug-likeness (QED) is 0.238. The second kappa shape index (κ2) is 11.8. The maximum Gasteiger partial charge on any atom is 0.258 e. The molecule has 1 aliphatic heterocycles. The van der Waals surface area contributed by atoms with Crippen LogP contribution in [-0.4, -0.2) is 17.9 Å². The molecular weight excluding hydrogens is 511 g/mol. The maximum absolute atomic E-state index is 14.0. The van der Waals surface area contributed by atoms with E-state index < -0.39 is 0 Å². The highest BCUT2D eigenvalue weighted by Gasteiger charge is 2.40. The molecule has 1 aliphatic rings. The summed E-state index contributed by atoms with van der Waals surface area (Å²) >= 11 is 6.17. The smallest absolute Gasteiger partial charge is 0.258 e. The summed E-state index contributed by atoms with van der Waals surface area (Å²) in [6, 6.07) is 30.5. The first-order valence-corrected chi connectivity index (χ1v) is 13.6. The van der Waals surface area contributed by atoms with Gasteiger partial charge in [0.25, 0.3) is 5.91 Å². The Kier molecular flexibility index (Phi) is 8.08. The minimum absolute atomic E-state index is 0.00255. The molecule has 0 saturated heterocycles. The van der Waals surface area contributed by atoms with Gasteiger partial charge in [0.2, 0.25) is 5.91 Å². The van der Waals surface area contributed by atoms with Crippen molar-refractivity contribution in [3.63, 3.8) is 0 Å². The second-order valence-corrected chi connectivity index (χ2v) is 10.2. The van der Waals surface area contributed by atoms with Crippen molar-refractivity contribution >= 4 is 34.8 Å². The lowest BCUT2D eigenvalue weighted by Gasteiger charge is -2.45. The summed E-state index contributed by atoms with van der Waals surface area (Å²) in [4.78, 5) is 31.1. The molecule has 0 N–H and O–H groups in total. The van der Waals surface area contributed by atoms with Gasteiger partial charge in [0.05, 0.1) is 6.04 Å². The molecule has 0 unspecified atom stereocenters. The molecule has 0 aliphatic carbocycles. The number of halogens is 2. The largest absolute Gasteiger partial charge is 0.305 e. The zero-order valence-corrected chi connectivity index (χ0v) is 22.5. The Morgan fingerprint density at radius 1 is 0.897 bits per heavy atom. The van der Waals surface area contributed by atoms with Gasteiger partial charge in [0, 0.05) is 34.4 Å². The molecule has 1 heterocycles. The number of aryl methyl sites for hydroxylation is 1. The third kappa shape index (κ3) is 5.74. The lowest BCUT2D eigenvalue weighted by Crippen LogP contribution is -2.49. The predicted octanol–water partition coefficient (Wildman–Crippen LogP) is 8.02. The van der Waals surface area contributed by atoms with Crippen LogP contribution in [0.1, 0.15) is 53.7 Å². The standard InChI is InChI=1S/C33H30ClFN2O2/c1-2-32(38)36(27-20-15-25(34)16-21-27)31-22-28(19-12-23-8-4-3-5-9-23)37(30-11-7-6-10-29(30)31)33(39)24-13-17-26(35)18-14-24/h3-11,13-18,20-21,28,31H,2,12,19,22H2,1H3/t28-,31+/m0/s1. The van der Waals surface area contributed by atoms with Gasteiger partial charge in [-0.1, -0.05) is 67.1 Å². The van der Waals surface area contributed by atoms with Crippen molar-refractivity contribution < 1.29 is 14.0 Å². The summed E-state index contributed by atoms with van der Waals surface area (Å²) in [5.74, 6) is -0.570. The number of carbonyl (C=O) groups is 2. The van der Waals surface area contributed by atoms with Gasteiger partial charge in [-0.25, -0.2) is 4.39 Å². The van der Waals surface area contributed by atoms with E-state index in [9.17, 15) is 14.0 Å². The Balaban J connectivity index is 1.60. The Hall–Kier alpha value is -3.96. The fraction of sp³-hybridized carbons (Fsp3) is 0.212. The molecule has 0 bridgehead atoms. The average Bonchev–Trinajstić information content (AvgIpc) is 2.97. The number of carbonyl (C=O) groups excluding carboxylic acids is 2. The zero-order chi connectivity index (χ0) is 27.4. The molecule has 0 saturated carbocycles. The number of hydrogen-bond acceptors (Lipinski definition) is 2. The third-order valence-corrected chi connectivity index (χ3v) is 7.57. The maximum atomic E-state index is 14.0. The highest BCUT2D eigenvalue weighted by atomic mass is 35.5. The average molecular weight is 541 g/mol. The number of anilines is 2. The molecule has 0 radical (unpaired) electrons. The van der Waals surface area contributed by atoms with Gasteiger partial charge in [-0.05, 0) is 85.0 Å². The van der Waals surface area contributed by atoms with Crippen LogP contribution in [0.4, 0.5) is 15.8 Å². The van der Waals surface area contributed by atoms with Crippen LogP contribution in [0.25, 0.3) is 0 Å². The van der Waals surface area contributed by atoms with Crippen LogP contribution in [0.2, 0.25) is 5.02 Å². The van der Waals surface area contributed by atoms with E-state index in [0.717, 1.165) is 23.4 Å². The molecule has 0 fully saturated rings. The van der Waals surface area contributed by atoms with Crippen LogP contribution in [0.15, 0.2) is 103 Å². The molecule has 2 amide bonds. The summed E-state index contributed by atoms with van der Waals surface area (Å²) in [6.45, 7) is 1.86. The number of para-hydroxylation sites is 1. The molecule has 2 atom stereocenters. The first-order valence-electron chi connectivity index (χ1n) is 13.3. The summed E-state index contributed by atoms with van der Waals surface area (Å²) in [5, 5.41) is 0.600. The molecule has 4 nitrogen and oxygen atoms in total. The van der Waals surface area contributed by atoms with E-state index in [-0.39, 0.29) is 29.7 Å². The Bertz CT molecular complexity index is 1440. The molecule has 5 rings (SSSR count). The topological polar surface area (TPSA) is 40.6 Å². The van der Waals surface area contributed by atoms with Crippen molar-refractivity contribution in [1.29, 1.82) is 0 Å². The number of rotatable bonds is 7. The normalized spacial score (nSPS) is 16.4. The van der Waals surface area contributed by atoms with Crippen molar-refractivity contribution in [2.75, 3.05) is 9.80 Å². The van der Waals surface area contributed by atoms with Crippen LogP contribution in [0.3, 0.4) is 0 Å². The van der Waals surface area contributed by atoms with Gasteiger partial charge in [-0.15, -0.1) is 0 Å². The monoisotopic (exact) mass is 540 g/mol. The Labute approximate surface area is 233 Å². The summed E-state index contributed by atoms with van der Waals surface area (Å²) < 4.78 is 13.7. The highest BCUT2D eigenvalue weighted by Crippen LogP contribution is 2.44. The number of amides is 2. The van der Waals surface area contributed by atoms with E-state index in [4.69, 9.17) is 11.6 Å². The fourth-order valence-corrected chi connectivity index (χ4v) is 5.55. The molecule has 198 valence electrons. The summed E-state index contributed by atoms with van der Waals surface area (Å²) in [5.41, 5.74) is 4.05. The molecule has 0 spiro atoms. The van der Waals surface area contributed by atoms with Crippen molar-refractivity contribution in [2.45, 2.75) is 44.7 Å². The van der Waals surface area contributed by atoms with Crippen LogP contribution in [-0.2, 0) is 11.2 Å². The van der Waals surface area contributed by atoms with Crippen LogP contribution >= 0.6 is 11.6 Å². The minimum atomic E-state index is -0.386. The SMILES string of the molecule is CCC(=O)N(c1ccc(Cl)cc1)[C@@H]1C[C@H](CCc2ccccc2)N(C(=O)c2ccc(F)cc2)c2ccccc21. The van der Waals surface area contributed by atoms with Gasteiger partial charge < -0.3 is 9.80 Å². The number of nitrogens with zero attached hydrogens (tertiary/aromatic N) is 2. The molecule has 0 aromatic heterocycles. The molecule has 4 aromatic rings. The first kappa shape index (κ1) is 26.6. The van der Waals surface area contributed by atoms with Gasteiger partial charge >= 0.3 is 0 Å². The highest BCUT2D eigenvalue weighted by molar-refractivity contribution is 6.30. The van der Waals surface area contributed by atoms with Crippen molar-refractivity contribution in [1.82, 2.24) is 0 Å². The summed E-state index contributed by atoms with van der Waals surface area (Å²) in [6.07, 6.45) is 2.38. The molecule has 39 heavy (non-hydrogen) atoms. The minimum Gasteiger partial charge on any atom is -0.305 e. The fourth-order valence-electron chi connectivity index (χ4n) is 5.42. The van der Waals surface area contributed by atoms with Crippen molar-refractivity contribution in [3.8, 4) is 0 Å². The van der Waals surface area contributed by atoms with Crippen LogP contribution < -0.4 is 9.80 Å². The number of hydrogen-bond donors (Lipinski definition) is 0. The van der Waals surface area contributed by atoms with Crippen molar-refractivity contribution in [3.05, 3.63) is 131 Å². The lowest BCUT2D eigenvalue weighted by atomic mass is 9.86. The van der Waals surface area contributed by atoms with Crippen LogP contribution in [0, 0.1) is 5.82 Å². The number of fused-ring (bicyclic) bond motifs is 1. The summed E-state index contributed by atoms with van der Waals surface area (Å²) in [7, 11) is 0. The molecule has 4 aromatic carbocycles. The lowest BCUT2D eigenvalue weighted by molar-refractivity contribution is -0.118. The third-order valence-electron chi connectivity index (χ3n) is 7.32. The van der Waals surface area contributed by atoms with E-state index in [0.29, 0.717) is 29.8 Å². The first-order chi connectivity index (χ1) is 19.0. The van der Waals surface area contributed by atoms with E-state index in [1.54, 1.807) is 12.1 Å². The second-order valence-electron chi connectivity index (χ2n) is 9.76. The molecule has 6 heteroatoms. The van der Waals surface area contributed by atoms with Gasteiger partial charge in [0.15, 0.2) is 0 Å². The van der Waals surface area contributed by atoms with E-state index in [1.165, 1.54) is 29.8 Å². The number of benzene rings is 4. The zero-order valence-electron chi connectivity index (χ0n) is 21.8. The Morgan fingerprint density at radius 2 is 1.56 bits per heavy atom. The molecular formula is C33H30ClFN2O2. The van der Waals surface area contributed by atoms with E-state index in [1.807, 2.05) is 71.3 Å². The van der Waals surface area contributed by atoms with Gasteiger partial charge in [-0.2, -0.15) is 0 Å². The van der Waals surface area contributed by atoms with Crippen molar-refractivity contribution in [2.24, 2.45) is 0 Å².